The maximum atomic E-state index is 13.5. The lowest BCUT2D eigenvalue weighted by Crippen LogP contribution is -2.41. The topological polar surface area (TPSA) is 80.3 Å². The van der Waals surface area contributed by atoms with E-state index in [9.17, 15) is 12.8 Å². The minimum Gasteiger partial charge on any atom is -0.490 e. The summed E-state index contributed by atoms with van der Waals surface area (Å²) in [6.45, 7) is 3.09. The summed E-state index contributed by atoms with van der Waals surface area (Å²) in [4.78, 5) is 3.84. The lowest BCUT2D eigenvalue weighted by atomic mass is 9.80. The van der Waals surface area contributed by atoms with Crippen molar-refractivity contribution in [3.8, 4) is 5.75 Å². The van der Waals surface area contributed by atoms with Crippen molar-refractivity contribution in [2.24, 2.45) is 5.92 Å². The van der Waals surface area contributed by atoms with Crippen LogP contribution in [0.1, 0.15) is 25.3 Å². The zero-order valence-corrected chi connectivity index (χ0v) is 21.9. The molecule has 186 valence electrons. The Morgan fingerprint density at radius 2 is 1.91 bits per heavy atom. The van der Waals surface area contributed by atoms with Crippen LogP contribution in [0.2, 0.25) is 10.0 Å². The first-order valence-corrected chi connectivity index (χ1v) is 14.2. The van der Waals surface area contributed by atoms with Crippen molar-refractivity contribution >= 4 is 56.0 Å². The molecule has 11 heteroatoms. The predicted octanol–water partition coefficient (Wildman–Crippen LogP) is 6.24. The first kappa shape index (κ1) is 25.9. The van der Waals surface area contributed by atoms with Gasteiger partial charge in [-0.25, -0.2) is 17.8 Å². The van der Waals surface area contributed by atoms with E-state index in [4.69, 9.17) is 27.9 Å². The van der Waals surface area contributed by atoms with Gasteiger partial charge in [-0.05, 0) is 54.8 Å². The molecular formula is C24H24Cl2FN3O3S2. The van der Waals surface area contributed by atoms with Gasteiger partial charge in [0.15, 0.2) is 11.6 Å². The number of benzene rings is 2. The standard InChI is InChI=1S/C24H24Cl2FN3O3S2/c1-2-28-22-5-3-4-18(15-6-8-16(27)9-7-15)19(22)12-33-24-20(25)10-17(11-21(24)26)35(31,32)30-23-13-34-14-29-23/h4,6-11,13-14,19,22,28,30H,2-3,5,12H2,1H3/t19-,22?/m1/s1. The minimum atomic E-state index is -3.92. The van der Waals surface area contributed by atoms with Crippen molar-refractivity contribution in [3.63, 3.8) is 0 Å². The fourth-order valence-electron chi connectivity index (χ4n) is 4.14. The fraction of sp³-hybridized carbons (Fsp3) is 0.292. The average molecular weight is 557 g/mol. The molecule has 1 heterocycles. The van der Waals surface area contributed by atoms with Crippen LogP contribution in [-0.4, -0.2) is 32.6 Å². The largest absolute Gasteiger partial charge is 0.490 e. The highest BCUT2D eigenvalue weighted by Crippen LogP contribution is 2.39. The van der Waals surface area contributed by atoms with Crippen molar-refractivity contribution in [1.82, 2.24) is 10.3 Å². The summed E-state index contributed by atoms with van der Waals surface area (Å²) in [5.41, 5.74) is 3.51. The average Bonchev–Trinajstić information content (AvgIpc) is 3.32. The first-order chi connectivity index (χ1) is 16.8. The van der Waals surface area contributed by atoms with Gasteiger partial charge in [-0.3, -0.25) is 4.72 Å². The summed E-state index contributed by atoms with van der Waals surface area (Å²) in [6, 6.07) is 9.15. The second-order valence-electron chi connectivity index (χ2n) is 8.02. The Morgan fingerprint density at radius 1 is 1.20 bits per heavy atom. The first-order valence-electron chi connectivity index (χ1n) is 11.0. The molecule has 0 amide bonds. The smallest absolute Gasteiger partial charge is 0.263 e. The Balaban J connectivity index is 1.57. The number of hydrogen-bond donors (Lipinski definition) is 2. The molecule has 0 spiro atoms. The van der Waals surface area contributed by atoms with E-state index in [0.29, 0.717) is 0 Å². The van der Waals surface area contributed by atoms with Crippen LogP contribution in [0.4, 0.5) is 10.2 Å². The fourth-order valence-corrected chi connectivity index (χ4v) is 6.47. The van der Waals surface area contributed by atoms with Gasteiger partial charge < -0.3 is 10.1 Å². The molecule has 0 fully saturated rings. The van der Waals surface area contributed by atoms with Crippen LogP contribution >= 0.6 is 34.5 Å². The summed E-state index contributed by atoms with van der Waals surface area (Å²) in [5, 5.41) is 5.25. The number of thiazole rings is 1. The number of sulfonamides is 1. The molecule has 1 aliphatic rings. The SMILES string of the molecule is CCNC1CCC=C(c2ccc(F)cc2)[C@H]1COc1c(Cl)cc(S(=O)(=O)Nc2cscn2)cc1Cl. The molecule has 0 saturated carbocycles. The molecule has 4 rings (SSSR count). The van der Waals surface area contributed by atoms with E-state index in [1.165, 1.54) is 41.1 Å². The number of allylic oxidation sites excluding steroid dienone is 1. The van der Waals surface area contributed by atoms with E-state index >= 15 is 0 Å². The maximum Gasteiger partial charge on any atom is 0.263 e. The molecule has 35 heavy (non-hydrogen) atoms. The number of aromatic nitrogens is 1. The van der Waals surface area contributed by atoms with Gasteiger partial charge in [-0.15, -0.1) is 11.3 Å². The molecule has 2 atom stereocenters. The number of halogens is 3. The van der Waals surface area contributed by atoms with E-state index in [2.05, 4.69) is 21.1 Å². The van der Waals surface area contributed by atoms with Crippen LogP contribution in [0.3, 0.4) is 0 Å². The third-order valence-corrected chi connectivity index (χ3v) is 8.21. The van der Waals surface area contributed by atoms with Crippen LogP contribution in [0.5, 0.6) is 5.75 Å². The molecule has 1 aromatic heterocycles. The third kappa shape index (κ3) is 6.16. The molecular weight excluding hydrogens is 532 g/mol. The highest BCUT2D eigenvalue weighted by molar-refractivity contribution is 7.92. The molecule has 2 N–H and O–H groups in total. The second kappa shape index (κ2) is 11.3. The molecule has 3 aromatic rings. The van der Waals surface area contributed by atoms with Gasteiger partial charge in [0.05, 0.1) is 27.1 Å². The zero-order chi connectivity index (χ0) is 25.0. The van der Waals surface area contributed by atoms with Crippen LogP contribution in [-0.2, 0) is 10.0 Å². The number of hydrogen-bond acceptors (Lipinski definition) is 6. The van der Waals surface area contributed by atoms with Crippen molar-refractivity contribution in [2.75, 3.05) is 17.9 Å². The summed E-state index contributed by atoms with van der Waals surface area (Å²) < 4.78 is 47.4. The lowest BCUT2D eigenvalue weighted by molar-refractivity contribution is 0.237. The molecule has 1 unspecified atom stereocenters. The molecule has 0 aliphatic heterocycles. The number of nitrogens with zero attached hydrogens (tertiary/aromatic N) is 1. The van der Waals surface area contributed by atoms with Crippen molar-refractivity contribution in [1.29, 1.82) is 0 Å². The summed E-state index contributed by atoms with van der Waals surface area (Å²) in [6.07, 6.45) is 3.96. The maximum absolute atomic E-state index is 13.5. The van der Waals surface area contributed by atoms with E-state index < -0.39 is 10.0 Å². The number of ether oxygens (including phenoxy) is 1. The van der Waals surface area contributed by atoms with Gasteiger partial charge in [-0.1, -0.05) is 48.3 Å². The van der Waals surface area contributed by atoms with E-state index in [1.54, 1.807) is 17.5 Å². The zero-order valence-electron chi connectivity index (χ0n) is 18.8. The number of nitrogens with one attached hydrogen (secondary N) is 2. The van der Waals surface area contributed by atoms with Crippen LogP contribution in [0.15, 0.2) is 58.3 Å². The molecule has 6 nitrogen and oxygen atoms in total. The monoisotopic (exact) mass is 555 g/mol. The van der Waals surface area contributed by atoms with Gasteiger partial charge in [0.2, 0.25) is 0 Å². The Bertz CT molecular complexity index is 1280. The van der Waals surface area contributed by atoms with Gasteiger partial charge in [-0.2, -0.15) is 0 Å². The van der Waals surface area contributed by atoms with Crippen molar-refractivity contribution in [2.45, 2.75) is 30.7 Å². The van der Waals surface area contributed by atoms with Crippen LogP contribution < -0.4 is 14.8 Å². The highest BCUT2D eigenvalue weighted by atomic mass is 35.5. The third-order valence-electron chi connectivity index (χ3n) is 5.73. The summed E-state index contributed by atoms with van der Waals surface area (Å²) in [5.74, 6) is 0.0877. The van der Waals surface area contributed by atoms with Gasteiger partial charge >= 0.3 is 0 Å². The lowest BCUT2D eigenvalue weighted by Gasteiger charge is -2.33. The predicted molar refractivity (Wildman–Crippen MR) is 139 cm³/mol. The second-order valence-corrected chi connectivity index (χ2v) is 11.2. The van der Waals surface area contributed by atoms with Crippen molar-refractivity contribution < 1.29 is 17.5 Å². The summed E-state index contributed by atoms with van der Waals surface area (Å²) in [7, 11) is -3.92. The van der Waals surface area contributed by atoms with Crippen LogP contribution in [0, 0.1) is 11.7 Å². The quantitative estimate of drug-likeness (QED) is 0.326. The molecule has 0 radical (unpaired) electrons. The summed E-state index contributed by atoms with van der Waals surface area (Å²) >= 11 is 14.1. The molecule has 2 aromatic carbocycles. The van der Waals surface area contributed by atoms with Gasteiger partial charge in [0.25, 0.3) is 10.0 Å². The molecule has 0 saturated heterocycles. The Labute approximate surface area is 218 Å². The normalized spacial score (nSPS) is 18.2. The minimum absolute atomic E-state index is 0.0453. The van der Waals surface area contributed by atoms with E-state index in [1.807, 2.05) is 6.92 Å². The Morgan fingerprint density at radius 3 is 2.54 bits per heavy atom. The highest BCUT2D eigenvalue weighted by Gasteiger charge is 2.30. The molecule has 0 bridgehead atoms. The van der Waals surface area contributed by atoms with E-state index in [-0.39, 0.29) is 50.9 Å². The molecule has 1 aliphatic carbocycles. The number of rotatable bonds is 9. The number of anilines is 1. The van der Waals surface area contributed by atoms with Gasteiger partial charge in [0, 0.05) is 17.3 Å². The Kier molecular flexibility index (Phi) is 8.34. The van der Waals surface area contributed by atoms with Gasteiger partial charge in [0.1, 0.15) is 5.82 Å². The van der Waals surface area contributed by atoms with Crippen LogP contribution in [0.25, 0.3) is 5.57 Å². The van der Waals surface area contributed by atoms with Crippen molar-refractivity contribution in [3.05, 3.63) is 74.8 Å². The van der Waals surface area contributed by atoms with E-state index in [0.717, 1.165) is 30.5 Å². The Hall–Kier alpha value is -2.17.